The minimum absolute atomic E-state index is 0.121. The first-order chi connectivity index (χ1) is 9.56. The number of amides is 1. The van der Waals surface area contributed by atoms with Gasteiger partial charge in [-0.15, -0.1) is 0 Å². The number of ether oxygens (including phenoxy) is 1. The first-order valence-electron chi connectivity index (χ1n) is 6.69. The minimum Gasteiger partial charge on any atom is -0.383 e. The molecule has 0 fully saturated rings. The maximum Gasteiger partial charge on any atom is 0.251 e. The molecule has 0 aliphatic heterocycles. The number of rotatable bonds is 8. The largest absolute Gasteiger partial charge is 0.383 e. The van der Waals surface area contributed by atoms with Crippen molar-refractivity contribution in [2.45, 2.75) is 13.3 Å². The van der Waals surface area contributed by atoms with E-state index < -0.39 is 0 Å². The van der Waals surface area contributed by atoms with Crippen molar-refractivity contribution in [3.05, 3.63) is 28.5 Å². The summed E-state index contributed by atoms with van der Waals surface area (Å²) in [5.41, 5.74) is 1.38. The van der Waals surface area contributed by atoms with E-state index in [-0.39, 0.29) is 5.91 Å². The molecule has 0 saturated carbocycles. The summed E-state index contributed by atoms with van der Waals surface area (Å²) in [6.45, 7) is 4.86. The van der Waals surface area contributed by atoms with E-state index in [1.165, 1.54) is 0 Å². The van der Waals surface area contributed by atoms with E-state index in [1.54, 1.807) is 19.2 Å². The molecule has 1 rings (SSSR count). The molecule has 112 valence electrons. The maximum absolute atomic E-state index is 12.0. The van der Waals surface area contributed by atoms with E-state index in [9.17, 15) is 4.79 Å². The van der Waals surface area contributed by atoms with E-state index in [0.29, 0.717) is 23.9 Å². The van der Waals surface area contributed by atoms with Crippen molar-refractivity contribution in [2.75, 3.05) is 40.4 Å². The van der Waals surface area contributed by atoms with Crippen molar-refractivity contribution >= 4 is 17.5 Å². The number of carbonyl (C=O) groups is 1. The van der Waals surface area contributed by atoms with Gasteiger partial charge in [0.05, 0.1) is 6.61 Å². The molecule has 0 aliphatic carbocycles. The lowest BCUT2D eigenvalue weighted by Gasteiger charge is -2.16. The summed E-state index contributed by atoms with van der Waals surface area (Å²) in [6.07, 6.45) is 0.751. The lowest BCUT2D eigenvalue weighted by atomic mass is 10.2. The van der Waals surface area contributed by atoms with Gasteiger partial charge in [-0.1, -0.05) is 18.5 Å². The van der Waals surface area contributed by atoms with Crippen molar-refractivity contribution in [2.24, 2.45) is 0 Å². The van der Waals surface area contributed by atoms with Gasteiger partial charge in [-0.3, -0.25) is 4.79 Å². The molecule has 0 spiro atoms. The standard InChI is InChI=1S/C14H22ClN3O2/c1-4-12-9-11(10-13(15)17-12)14(19)16-5-6-18(2)7-8-20-3/h9-10H,4-8H2,1-3H3,(H,16,19). The molecule has 1 heterocycles. The van der Waals surface area contributed by atoms with Crippen molar-refractivity contribution in [1.29, 1.82) is 0 Å². The molecule has 0 aromatic carbocycles. The van der Waals surface area contributed by atoms with Crippen molar-refractivity contribution in [3.63, 3.8) is 0 Å². The van der Waals surface area contributed by atoms with Crippen LogP contribution in [0.2, 0.25) is 5.15 Å². The van der Waals surface area contributed by atoms with Crippen LogP contribution in [0.3, 0.4) is 0 Å². The van der Waals surface area contributed by atoms with Gasteiger partial charge in [0.2, 0.25) is 0 Å². The number of methoxy groups -OCH3 is 1. The van der Waals surface area contributed by atoms with E-state index in [2.05, 4.69) is 15.2 Å². The third-order valence-electron chi connectivity index (χ3n) is 2.93. The van der Waals surface area contributed by atoms with Gasteiger partial charge in [0.15, 0.2) is 0 Å². The summed E-state index contributed by atoms with van der Waals surface area (Å²) in [7, 11) is 3.66. The lowest BCUT2D eigenvalue weighted by Crippen LogP contribution is -2.34. The van der Waals surface area contributed by atoms with Crippen LogP contribution >= 0.6 is 11.6 Å². The predicted octanol–water partition coefficient (Wildman–Crippen LogP) is 1.61. The number of aromatic nitrogens is 1. The Morgan fingerprint density at radius 2 is 2.20 bits per heavy atom. The van der Waals surface area contributed by atoms with Crippen LogP contribution in [-0.4, -0.2) is 56.2 Å². The smallest absolute Gasteiger partial charge is 0.251 e. The summed E-state index contributed by atoms with van der Waals surface area (Å²) < 4.78 is 5.00. The van der Waals surface area contributed by atoms with Crippen LogP contribution in [0.4, 0.5) is 0 Å². The monoisotopic (exact) mass is 299 g/mol. The van der Waals surface area contributed by atoms with Gasteiger partial charge < -0.3 is 15.0 Å². The van der Waals surface area contributed by atoms with Gasteiger partial charge in [0, 0.05) is 38.0 Å². The highest BCUT2D eigenvalue weighted by Crippen LogP contribution is 2.11. The van der Waals surface area contributed by atoms with Crippen LogP contribution in [0.15, 0.2) is 12.1 Å². The fourth-order valence-electron chi connectivity index (χ4n) is 1.68. The van der Waals surface area contributed by atoms with Crippen LogP contribution < -0.4 is 5.32 Å². The summed E-state index contributed by atoms with van der Waals surface area (Å²) in [5, 5.41) is 3.23. The van der Waals surface area contributed by atoms with Crippen LogP contribution in [-0.2, 0) is 11.2 Å². The first kappa shape index (κ1) is 16.9. The minimum atomic E-state index is -0.121. The Balaban J connectivity index is 2.45. The normalized spacial score (nSPS) is 10.8. The molecule has 1 aromatic rings. The fraction of sp³-hybridized carbons (Fsp3) is 0.571. The molecule has 1 N–H and O–H groups in total. The quantitative estimate of drug-likeness (QED) is 0.741. The molecule has 0 bridgehead atoms. The molecule has 5 nitrogen and oxygen atoms in total. The fourth-order valence-corrected chi connectivity index (χ4v) is 1.91. The second-order valence-corrected chi connectivity index (χ2v) is 4.96. The number of hydrogen-bond donors (Lipinski definition) is 1. The Morgan fingerprint density at radius 1 is 1.45 bits per heavy atom. The third-order valence-corrected chi connectivity index (χ3v) is 3.12. The SMILES string of the molecule is CCc1cc(C(=O)NCCN(C)CCOC)cc(Cl)n1. The Bertz CT molecular complexity index is 440. The van der Waals surface area contributed by atoms with Crippen LogP contribution in [0.25, 0.3) is 0 Å². The number of aryl methyl sites for hydroxylation is 1. The van der Waals surface area contributed by atoms with E-state index in [4.69, 9.17) is 16.3 Å². The molecular formula is C14H22ClN3O2. The number of hydrogen-bond acceptors (Lipinski definition) is 4. The molecule has 0 aliphatic rings. The van der Waals surface area contributed by atoms with E-state index >= 15 is 0 Å². The molecule has 1 amide bonds. The highest BCUT2D eigenvalue weighted by Gasteiger charge is 2.08. The van der Waals surface area contributed by atoms with Gasteiger partial charge in [0.25, 0.3) is 5.91 Å². The second kappa shape index (κ2) is 8.89. The summed E-state index contributed by atoms with van der Waals surface area (Å²) >= 11 is 5.90. The van der Waals surface area contributed by atoms with Crippen molar-refractivity contribution < 1.29 is 9.53 Å². The number of nitrogens with one attached hydrogen (secondary N) is 1. The number of likely N-dealkylation sites (N-methyl/N-ethyl adjacent to an activating group) is 1. The van der Waals surface area contributed by atoms with Gasteiger partial charge in [-0.2, -0.15) is 0 Å². The van der Waals surface area contributed by atoms with Gasteiger partial charge in [-0.05, 0) is 25.6 Å². The molecule has 0 unspecified atom stereocenters. The topological polar surface area (TPSA) is 54.5 Å². The highest BCUT2D eigenvalue weighted by molar-refractivity contribution is 6.29. The van der Waals surface area contributed by atoms with E-state index in [0.717, 1.165) is 25.2 Å². The molecule has 0 radical (unpaired) electrons. The van der Waals surface area contributed by atoms with Crippen LogP contribution in [0.5, 0.6) is 0 Å². The van der Waals surface area contributed by atoms with Gasteiger partial charge in [-0.25, -0.2) is 4.98 Å². The lowest BCUT2D eigenvalue weighted by molar-refractivity contribution is 0.0947. The zero-order valence-corrected chi connectivity index (χ0v) is 13.0. The Labute approximate surface area is 125 Å². The first-order valence-corrected chi connectivity index (χ1v) is 7.06. The van der Waals surface area contributed by atoms with E-state index in [1.807, 2.05) is 14.0 Å². The van der Waals surface area contributed by atoms with Gasteiger partial charge in [0.1, 0.15) is 5.15 Å². The average Bonchev–Trinajstić information content (AvgIpc) is 2.44. The zero-order valence-electron chi connectivity index (χ0n) is 12.3. The number of halogens is 1. The number of pyridine rings is 1. The summed E-state index contributed by atoms with van der Waals surface area (Å²) in [6, 6.07) is 3.36. The van der Waals surface area contributed by atoms with Crippen molar-refractivity contribution in [1.82, 2.24) is 15.2 Å². The molecular weight excluding hydrogens is 278 g/mol. The Morgan fingerprint density at radius 3 is 2.85 bits per heavy atom. The number of nitrogens with zero attached hydrogens (tertiary/aromatic N) is 2. The predicted molar refractivity (Wildman–Crippen MR) is 80.3 cm³/mol. The van der Waals surface area contributed by atoms with Gasteiger partial charge >= 0.3 is 0 Å². The van der Waals surface area contributed by atoms with Crippen LogP contribution in [0, 0.1) is 0 Å². The van der Waals surface area contributed by atoms with Crippen molar-refractivity contribution in [3.8, 4) is 0 Å². The molecule has 6 heteroatoms. The molecule has 0 saturated heterocycles. The second-order valence-electron chi connectivity index (χ2n) is 4.58. The molecule has 0 atom stereocenters. The zero-order chi connectivity index (χ0) is 15.0. The van der Waals surface area contributed by atoms with Crippen LogP contribution in [0.1, 0.15) is 23.0 Å². The summed E-state index contributed by atoms with van der Waals surface area (Å²) in [4.78, 5) is 18.3. The molecule has 1 aromatic heterocycles. The Hall–Kier alpha value is -1.17. The Kier molecular flexibility index (Phi) is 7.51. The molecule has 20 heavy (non-hydrogen) atoms. The number of carbonyl (C=O) groups excluding carboxylic acids is 1. The average molecular weight is 300 g/mol. The highest BCUT2D eigenvalue weighted by atomic mass is 35.5. The maximum atomic E-state index is 12.0. The summed E-state index contributed by atoms with van der Waals surface area (Å²) in [5.74, 6) is -0.121. The third kappa shape index (κ3) is 5.86.